The molecule has 0 saturated carbocycles. The molecule has 0 aliphatic heterocycles. The molecule has 0 bridgehead atoms. The number of unbranched alkanes of at least 4 members (excludes halogenated alkanes) is 5. The van der Waals surface area contributed by atoms with Crippen molar-refractivity contribution in [2.24, 2.45) is 0 Å². The van der Waals surface area contributed by atoms with Crippen molar-refractivity contribution in [2.75, 3.05) is 19.4 Å². The van der Waals surface area contributed by atoms with Crippen LogP contribution in [-0.4, -0.2) is 25.7 Å². The van der Waals surface area contributed by atoms with Crippen LogP contribution in [0.5, 0.6) is 0 Å². The standard InChI is InChI=1S/C36H52IO2P/c1-6-27-38-36(39-28-7-2)26-12-10-8-9-11-19-29-40(37,33-23-16-13-20-30(33)3,34-24-17-14-21-31(34)4)35-25-18-15-22-32(35)5/h13-18,20-25,36H,6-12,19,26-29H2,1-5H3. The van der Waals surface area contributed by atoms with Crippen molar-refractivity contribution in [3.05, 3.63) is 89.5 Å². The smallest absolute Gasteiger partial charge is 0.0632 e. The van der Waals surface area contributed by atoms with Crippen molar-refractivity contribution in [3.63, 3.8) is 0 Å². The summed E-state index contributed by atoms with van der Waals surface area (Å²) in [5.41, 5.74) is 4.23. The number of benzene rings is 3. The molecule has 0 unspecified atom stereocenters. The molecule has 40 heavy (non-hydrogen) atoms. The molecule has 220 valence electrons. The molecule has 0 aliphatic rings. The maximum absolute atomic E-state index is 5.92. The molecule has 2 nitrogen and oxygen atoms in total. The zero-order valence-electron chi connectivity index (χ0n) is 25.6. The van der Waals surface area contributed by atoms with E-state index in [-0.39, 0.29) is 6.29 Å². The van der Waals surface area contributed by atoms with Gasteiger partial charge in [-0.15, -0.1) is 0 Å². The Hall–Kier alpha value is -1.26. The van der Waals surface area contributed by atoms with Gasteiger partial charge < -0.3 is 0 Å². The van der Waals surface area contributed by atoms with E-state index in [1.54, 1.807) is 15.9 Å². The second-order valence-corrected chi connectivity index (χ2v) is 22.0. The van der Waals surface area contributed by atoms with Crippen molar-refractivity contribution >= 4 is 42.2 Å². The molecule has 0 N–H and O–H groups in total. The molecule has 3 aromatic carbocycles. The SMILES string of the molecule is CCCOC(CCCCCCCCP(I)(c1ccccc1C)(c1ccccc1C)c1ccccc1C)OCCC. The molecule has 0 fully saturated rings. The zero-order valence-corrected chi connectivity index (χ0v) is 28.7. The number of rotatable bonds is 18. The molecular formula is C36H52IO2P. The summed E-state index contributed by atoms with van der Waals surface area (Å²) in [4.78, 5) is 0. The molecule has 0 amide bonds. The Labute approximate surface area is 258 Å². The van der Waals surface area contributed by atoms with Crippen LogP contribution in [0, 0.1) is 20.8 Å². The summed E-state index contributed by atoms with van der Waals surface area (Å²) in [5, 5.41) is 4.63. The first-order valence-electron chi connectivity index (χ1n) is 15.5. The van der Waals surface area contributed by atoms with Crippen LogP contribution in [-0.2, 0) is 9.47 Å². The second kappa shape index (κ2) is 16.4. The quantitative estimate of drug-likeness (QED) is 0.0579. The molecule has 0 atom stereocenters. The van der Waals surface area contributed by atoms with Crippen molar-refractivity contribution in [1.82, 2.24) is 0 Å². The van der Waals surface area contributed by atoms with Gasteiger partial charge in [-0.3, -0.25) is 0 Å². The van der Waals surface area contributed by atoms with Crippen molar-refractivity contribution in [2.45, 2.75) is 98.7 Å². The van der Waals surface area contributed by atoms with Gasteiger partial charge in [0.1, 0.15) is 0 Å². The summed E-state index contributed by atoms with van der Waals surface area (Å²) in [5.74, 6) is 0. The van der Waals surface area contributed by atoms with Crippen LogP contribution < -0.4 is 15.9 Å². The third-order valence-electron chi connectivity index (χ3n) is 8.14. The topological polar surface area (TPSA) is 18.5 Å². The molecule has 0 aromatic heterocycles. The fraction of sp³-hybridized carbons (Fsp3) is 0.500. The molecule has 0 radical (unpaired) electrons. The fourth-order valence-corrected chi connectivity index (χ4v) is 18.0. The number of halogens is 1. The molecular weight excluding hydrogens is 622 g/mol. The van der Waals surface area contributed by atoms with E-state index in [0.717, 1.165) is 32.5 Å². The molecule has 0 aliphatic carbocycles. The third-order valence-corrected chi connectivity index (χ3v) is 19.9. The predicted molar refractivity (Wildman–Crippen MR) is 187 cm³/mol. The van der Waals surface area contributed by atoms with Crippen molar-refractivity contribution < 1.29 is 9.47 Å². The first kappa shape index (κ1) is 33.2. The van der Waals surface area contributed by atoms with Gasteiger partial charge in [0.05, 0.1) is 0 Å². The minimum absolute atomic E-state index is 0.0256. The normalized spacial score (nSPS) is 12.9. The Kier molecular flexibility index (Phi) is 13.6. The van der Waals surface area contributed by atoms with E-state index in [9.17, 15) is 0 Å². The third kappa shape index (κ3) is 7.97. The van der Waals surface area contributed by atoms with E-state index < -0.39 is 4.25 Å². The van der Waals surface area contributed by atoms with E-state index in [4.69, 9.17) is 9.47 Å². The van der Waals surface area contributed by atoms with E-state index >= 15 is 0 Å². The Balaban J connectivity index is 1.77. The van der Waals surface area contributed by atoms with Crippen LogP contribution >= 0.6 is 26.3 Å². The van der Waals surface area contributed by atoms with Crippen LogP contribution in [0.3, 0.4) is 0 Å². The van der Waals surface area contributed by atoms with Gasteiger partial charge in [-0.05, 0) is 0 Å². The second-order valence-electron chi connectivity index (χ2n) is 11.3. The molecule has 0 heterocycles. The Morgan fingerprint density at radius 3 is 1.35 bits per heavy atom. The first-order chi connectivity index (χ1) is 19.4. The van der Waals surface area contributed by atoms with Crippen LogP contribution in [0.2, 0.25) is 0 Å². The summed E-state index contributed by atoms with van der Waals surface area (Å²) < 4.78 is 9.09. The molecule has 3 rings (SSSR count). The van der Waals surface area contributed by atoms with Crippen LogP contribution in [0.25, 0.3) is 0 Å². The number of hydrogen-bond acceptors (Lipinski definition) is 2. The van der Waals surface area contributed by atoms with Gasteiger partial charge in [-0.25, -0.2) is 0 Å². The van der Waals surface area contributed by atoms with Gasteiger partial charge in [0.15, 0.2) is 0 Å². The average molecular weight is 675 g/mol. The molecule has 4 heteroatoms. The fourth-order valence-electron chi connectivity index (χ4n) is 6.15. The van der Waals surface area contributed by atoms with E-state index in [1.807, 2.05) is 0 Å². The Morgan fingerprint density at radius 2 is 0.950 bits per heavy atom. The van der Waals surface area contributed by atoms with Gasteiger partial charge in [0, 0.05) is 0 Å². The minimum atomic E-state index is -2.76. The van der Waals surface area contributed by atoms with Crippen molar-refractivity contribution in [3.8, 4) is 0 Å². The van der Waals surface area contributed by atoms with Crippen LogP contribution in [0.1, 0.15) is 88.3 Å². The van der Waals surface area contributed by atoms with Gasteiger partial charge in [-0.2, -0.15) is 0 Å². The van der Waals surface area contributed by atoms with E-state index in [2.05, 4.69) is 129 Å². The zero-order chi connectivity index (χ0) is 28.9. The summed E-state index contributed by atoms with van der Waals surface area (Å²) in [6.45, 7) is 12.8. The molecule has 0 spiro atoms. The predicted octanol–water partition coefficient (Wildman–Crippen LogP) is 9.70. The summed E-state index contributed by atoms with van der Waals surface area (Å²) in [6.07, 6.45) is 11.8. The monoisotopic (exact) mass is 674 g/mol. The number of hydrogen-bond donors (Lipinski definition) is 0. The van der Waals surface area contributed by atoms with Gasteiger partial charge >= 0.3 is 245 Å². The number of ether oxygens (including phenoxy) is 2. The average Bonchev–Trinajstić information content (AvgIpc) is 2.96. The van der Waals surface area contributed by atoms with Crippen LogP contribution in [0.4, 0.5) is 0 Å². The summed E-state index contributed by atoms with van der Waals surface area (Å²) in [7, 11) is 0. The van der Waals surface area contributed by atoms with Crippen molar-refractivity contribution in [1.29, 1.82) is 0 Å². The van der Waals surface area contributed by atoms with E-state index in [0.29, 0.717) is 0 Å². The van der Waals surface area contributed by atoms with Gasteiger partial charge in [-0.1, -0.05) is 13.8 Å². The maximum atomic E-state index is 5.92. The first-order valence-corrected chi connectivity index (χ1v) is 20.7. The minimum Gasteiger partial charge on any atom is -0.0632 e. The summed E-state index contributed by atoms with van der Waals surface area (Å²) >= 11 is 2.99. The molecule has 3 aromatic rings. The molecule has 0 saturated heterocycles. The van der Waals surface area contributed by atoms with Gasteiger partial charge in [0.2, 0.25) is 0 Å². The Bertz CT molecular complexity index is 1060. The van der Waals surface area contributed by atoms with E-state index in [1.165, 1.54) is 61.4 Å². The summed E-state index contributed by atoms with van der Waals surface area (Å²) in [6, 6.07) is 27.5. The van der Waals surface area contributed by atoms with Gasteiger partial charge in [0.25, 0.3) is 0 Å². The Morgan fingerprint density at radius 1 is 0.575 bits per heavy atom. The number of aryl methyl sites for hydroxylation is 3. The van der Waals surface area contributed by atoms with Crippen LogP contribution in [0.15, 0.2) is 72.8 Å².